The molecule has 1 fully saturated rings. The van der Waals surface area contributed by atoms with Gasteiger partial charge in [-0.3, -0.25) is 4.79 Å². The lowest BCUT2D eigenvalue weighted by Crippen LogP contribution is -2.46. The summed E-state index contributed by atoms with van der Waals surface area (Å²) in [5.74, 6) is 1.22. The SMILES string of the molecule is CCOc1cc(C(=O)N2CCOC(Cc3ccccc3)C2)ccc1OC. The molecule has 2 aromatic rings. The molecule has 0 aromatic heterocycles. The standard InChI is InChI=1S/C21H25NO4/c1-3-25-20-14-17(9-10-19(20)24-2)21(23)22-11-12-26-18(15-22)13-16-7-5-4-6-8-16/h4-10,14,18H,3,11-13,15H2,1-2H3. The van der Waals surface area contributed by atoms with E-state index >= 15 is 0 Å². The number of methoxy groups -OCH3 is 1. The number of carbonyl (C=O) groups is 1. The first-order valence-electron chi connectivity index (χ1n) is 8.97. The Morgan fingerprint density at radius 3 is 2.73 bits per heavy atom. The van der Waals surface area contributed by atoms with Crippen molar-refractivity contribution in [2.24, 2.45) is 0 Å². The second kappa shape index (κ2) is 8.72. The van der Waals surface area contributed by atoms with Crippen molar-refractivity contribution >= 4 is 5.91 Å². The van der Waals surface area contributed by atoms with Gasteiger partial charge in [0.1, 0.15) is 0 Å². The van der Waals surface area contributed by atoms with E-state index in [9.17, 15) is 4.79 Å². The monoisotopic (exact) mass is 355 g/mol. The molecule has 5 nitrogen and oxygen atoms in total. The van der Waals surface area contributed by atoms with E-state index in [0.29, 0.717) is 43.4 Å². The fourth-order valence-electron chi connectivity index (χ4n) is 3.16. The maximum Gasteiger partial charge on any atom is 0.254 e. The molecule has 1 saturated heterocycles. The topological polar surface area (TPSA) is 48.0 Å². The minimum absolute atomic E-state index is 0.00466. The number of ether oxygens (including phenoxy) is 3. The first-order chi connectivity index (χ1) is 12.7. The van der Waals surface area contributed by atoms with Gasteiger partial charge in [-0.05, 0) is 30.7 Å². The number of benzene rings is 2. The Hall–Kier alpha value is -2.53. The van der Waals surface area contributed by atoms with E-state index in [2.05, 4.69) is 12.1 Å². The van der Waals surface area contributed by atoms with Crippen molar-refractivity contribution < 1.29 is 19.0 Å². The molecule has 0 saturated carbocycles. The highest BCUT2D eigenvalue weighted by Gasteiger charge is 2.26. The zero-order valence-electron chi connectivity index (χ0n) is 15.3. The summed E-state index contributed by atoms with van der Waals surface area (Å²) in [6.45, 7) is 4.16. The molecule has 1 unspecified atom stereocenters. The highest BCUT2D eigenvalue weighted by atomic mass is 16.5. The molecule has 0 bridgehead atoms. The molecule has 1 aliphatic rings. The molecule has 26 heavy (non-hydrogen) atoms. The summed E-state index contributed by atoms with van der Waals surface area (Å²) in [6.07, 6.45) is 0.817. The van der Waals surface area contributed by atoms with E-state index in [1.165, 1.54) is 5.56 Å². The Morgan fingerprint density at radius 2 is 2.00 bits per heavy atom. The van der Waals surface area contributed by atoms with Crippen molar-refractivity contribution in [3.8, 4) is 11.5 Å². The summed E-state index contributed by atoms with van der Waals surface area (Å²) in [5.41, 5.74) is 1.82. The van der Waals surface area contributed by atoms with Crippen molar-refractivity contribution in [1.82, 2.24) is 4.90 Å². The zero-order valence-corrected chi connectivity index (χ0v) is 15.3. The normalized spacial score (nSPS) is 17.0. The Kier molecular flexibility index (Phi) is 6.12. The van der Waals surface area contributed by atoms with E-state index in [-0.39, 0.29) is 12.0 Å². The van der Waals surface area contributed by atoms with E-state index in [1.54, 1.807) is 25.3 Å². The van der Waals surface area contributed by atoms with Crippen LogP contribution in [0.15, 0.2) is 48.5 Å². The Labute approximate surface area is 154 Å². The maximum absolute atomic E-state index is 12.9. The quantitative estimate of drug-likeness (QED) is 0.799. The molecule has 5 heteroatoms. The number of nitrogens with zero attached hydrogens (tertiary/aromatic N) is 1. The Bertz CT molecular complexity index is 732. The van der Waals surface area contributed by atoms with Crippen LogP contribution < -0.4 is 9.47 Å². The van der Waals surface area contributed by atoms with Crippen LogP contribution in [-0.2, 0) is 11.2 Å². The number of morpholine rings is 1. The van der Waals surface area contributed by atoms with Gasteiger partial charge in [-0.25, -0.2) is 0 Å². The second-order valence-corrected chi connectivity index (χ2v) is 6.23. The number of carbonyl (C=O) groups excluding carboxylic acids is 1. The van der Waals surface area contributed by atoms with E-state index in [4.69, 9.17) is 14.2 Å². The first kappa shape index (κ1) is 18.3. The number of amides is 1. The van der Waals surface area contributed by atoms with Gasteiger partial charge in [-0.2, -0.15) is 0 Å². The largest absolute Gasteiger partial charge is 0.493 e. The van der Waals surface area contributed by atoms with Crippen molar-refractivity contribution in [2.45, 2.75) is 19.4 Å². The Balaban J connectivity index is 1.70. The van der Waals surface area contributed by atoms with Gasteiger partial charge in [0.15, 0.2) is 11.5 Å². The summed E-state index contributed by atoms with van der Waals surface area (Å²) in [6, 6.07) is 15.5. The molecule has 138 valence electrons. The van der Waals surface area contributed by atoms with Gasteiger partial charge < -0.3 is 19.1 Å². The van der Waals surface area contributed by atoms with Crippen LogP contribution in [0.4, 0.5) is 0 Å². The third-order valence-electron chi connectivity index (χ3n) is 4.44. The number of rotatable bonds is 6. The minimum atomic E-state index is -0.00466. The van der Waals surface area contributed by atoms with Crippen LogP contribution in [0.3, 0.4) is 0 Å². The zero-order chi connectivity index (χ0) is 18.4. The van der Waals surface area contributed by atoms with Gasteiger partial charge in [0.25, 0.3) is 5.91 Å². The lowest BCUT2D eigenvalue weighted by atomic mass is 10.1. The molecule has 1 amide bonds. The van der Waals surface area contributed by atoms with Crippen molar-refractivity contribution in [2.75, 3.05) is 33.4 Å². The number of hydrogen-bond acceptors (Lipinski definition) is 4. The van der Waals surface area contributed by atoms with Crippen LogP contribution >= 0.6 is 0 Å². The van der Waals surface area contributed by atoms with E-state index < -0.39 is 0 Å². The average Bonchev–Trinajstić information content (AvgIpc) is 2.68. The van der Waals surface area contributed by atoms with Crippen LogP contribution in [0.1, 0.15) is 22.8 Å². The fraction of sp³-hybridized carbons (Fsp3) is 0.381. The predicted octanol–water partition coefficient (Wildman–Crippen LogP) is 3.18. The molecular weight excluding hydrogens is 330 g/mol. The van der Waals surface area contributed by atoms with Crippen LogP contribution in [0.2, 0.25) is 0 Å². The van der Waals surface area contributed by atoms with Crippen LogP contribution in [0.5, 0.6) is 11.5 Å². The molecule has 1 atom stereocenters. The third-order valence-corrected chi connectivity index (χ3v) is 4.44. The second-order valence-electron chi connectivity index (χ2n) is 6.23. The third kappa shape index (κ3) is 4.35. The van der Waals surface area contributed by atoms with Gasteiger partial charge in [0.2, 0.25) is 0 Å². The average molecular weight is 355 g/mol. The molecule has 0 aliphatic carbocycles. The molecule has 2 aromatic carbocycles. The summed E-state index contributed by atoms with van der Waals surface area (Å²) in [4.78, 5) is 14.8. The van der Waals surface area contributed by atoms with Crippen molar-refractivity contribution in [1.29, 1.82) is 0 Å². The Morgan fingerprint density at radius 1 is 1.19 bits per heavy atom. The van der Waals surface area contributed by atoms with Crippen molar-refractivity contribution in [3.05, 3.63) is 59.7 Å². The summed E-state index contributed by atoms with van der Waals surface area (Å²) < 4.78 is 16.7. The summed E-state index contributed by atoms with van der Waals surface area (Å²) >= 11 is 0. The van der Waals surface area contributed by atoms with E-state index in [1.807, 2.05) is 30.0 Å². The lowest BCUT2D eigenvalue weighted by Gasteiger charge is -2.33. The molecule has 0 spiro atoms. The molecule has 3 rings (SSSR count). The molecule has 0 N–H and O–H groups in total. The van der Waals surface area contributed by atoms with E-state index in [0.717, 1.165) is 6.42 Å². The van der Waals surface area contributed by atoms with Crippen LogP contribution in [0.25, 0.3) is 0 Å². The van der Waals surface area contributed by atoms with Crippen LogP contribution in [-0.4, -0.2) is 50.3 Å². The predicted molar refractivity (Wildman–Crippen MR) is 100.0 cm³/mol. The first-order valence-corrected chi connectivity index (χ1v) is 8.97. The molecule has 0 radical (unpaired) electrons. The summed E-state index contributed by atoms with van der Waals surface area (Å²) in [5, 5.41) is 0. The highest BCUT2D eigenvalue weighted by Crippen LogP contribution is 2.29. The molecule has 1 heterocycles. The van der Waals surface area contributed by atoms with Gasteiger partial charge in [-0.15, -0.1) is 0 Å². The van der Waals surface area contributed by atoms with Gasteiger partial charge >= 0.3 is 0 Å². The van der Waals surface area contributed by atoms with Gasteiger partial charge in [0, 0.05) is 25.1 Å². The highest BCUT2D eigenvalue weighted by molar-refractivity contribution is 5.95. The van der Waals surface area contributed by atoms with Gasteiger partial charge in [-0.1, -0.05) is 30.3 Å². The number of hydrogen-bond donors (Lipinski definition) is 0. The van der Waals surface area contributed by atoms with Crippen LogP contribution in [0, 0.1) is 0 Å². The van der Waals surface area contributed by atoms with Crippen molar-refractivity contribution in [3.63, 3.8) is 0 Å². The smallest absolute Gasteiger partial charge is 0.254 e. The maximum atomic E-state index is 12.9. The summed E-state index contributed by atoms with van der Waals surface area (Å²) in [7, 11) is 1.59. The van der Waals surface area contributed by atoms with Gasteiger partial charge in [0.05, 0.1) is 26.4 Å². The molecular formula is C21H25NO4. The molecule has 1 aliphatic heterocycles. The minimum Gasteiger partial charge on any atom is -0.493 e. The lowest BCUT2D eigenvalue weighted by molar-refractivity contribution is -0.0208. The fourth-order valence-corrected chi connectivity index (χ4v) is 3.16.